The highest BCUT2D eigenvalue weighted by molar-refractivity contribution is 7.13. The summed E-state index contributed by atoms with van der Waals surface area (Å²) in [4.78, 5) is 56.4. The van der Waals surface area contributed by atoms with Crippen molar-refractivity contribution in [1.29, 1.82) is 0 Å². The van der Waals surface area contributed by atoms with Crippen molar-refractivity contribution in [3.63, 3.8) is 0 Å². The van der Waals surface area contributed by atoms with Gasteiger partial charge < -0.3 is 30.2 Å². The number of carbonyl (C=O) groups is 3. The van der Waals surface area contributed by atoms with Gasteiger partial charge >= 0.3 is 0 Å². The molecule has 3 atom stereocenters. The Bertz CT molecular complexity index is 1530. The molecular weight excluding hydrogens is 566 g/mol. The number of nitrogens with zero attached hydrogens (tertiary/aromatic N) is 4. The number of aliphatic imine (C=N–C) groups is 1. The van der Waals surface area contributed by atoms with E-state index in [1.807, 2.05) is 6.07 Å². The van der Waals surface area contributed by atoms with Gasteiger partial charge in [0.25, 0.3) is 17.8 Å². The normalized spacial score (nSPS) is 22.1. The van der Waals surface area contributed by atoms with Crippen LogP contribution in [0, 0.1) is 5.92 Å². The summed E-state index contributed by atoms with van der Waals surface area (Å²) in [5.41, 5.74) is 2.14. The number of fused-ring (bicyclic) bond motifs is 2. The van der Waals surface area contributed by atoms with Gasteiger partial charge in [0, 0.05) is 59.8 Å². The van der Waals surface area contributed by atoms with Crippen molar-refractivity contribution in [2.24, 2.45) is 10.9 Å². The molecule has 3 unspecified atom stereocenters. The number of aromatic amines is 1. The Morgan fingerprint density at radius 2 is 1.98 bits per heavy atom. The lowest BCUT2D eigenvalue weighted by Crippen LogP contribution is -2.56. The monoisotopic (exact) mass is 597 g/mol. The minimum atomic E-state index is -0.438. The molecular formula is C28H32ClN7O4S. The second kappa shape index (κ2) is 11.3. The molecule has 4 heterocycles. The van der Waals surface area contributed by atoms with E-state index in [2.05, 4.69) is 30.5 Å². The Hall–Kier alpha value is -3.64. The molecule has 1 aliphatic carbocycles. The van der Waals surface area contributed by atoms with E-state index in [1.54, 1.807) is 37.2 Å². The number of hydrogen-bond donors (Lipinski definition) is 3. The highest BCUT2D eigenvalue weighted by Crippen LogP contribution is 2.29. The number of amidine groups is 1. The van der Waals surface area contributed by atoms with Gasteiger partial charge in [0.15, 0.2) is 5.01 Å². The van der Waals surface area contributed by atoms with Crippen LogP contribution in [0.4, 0.5) is 0 Å². The highest BCUT2D eigenvalue weighted by atomic mass is 35.5. The van der Waals surface area contributed by atoms with E-state index in [0.29, 0.717) is 67.1 Å². The number of nitrogens with one attached hydrogen (secondary N) is 3. The first-order valence-corrected chi connectivity index (χ1v) is 15.0. The van der Waals surface area contributed by atoms with Gasteiger partial charge in [-0.3, -0.25) is 14.4 Å². The van der Waals surface area contributed by atoms with E-state index >= 15 is 0 Å². The predicted octanol–water partition coefficient (Wildman–Crippen LogP) is 2.81. The molecule has 3 aromatic rings. The second-order valence-corrected chi connectivity index (χ2v) is 12.4. The smallest absolute Gasteiger partial charge is 0.287 e. The fourth-order valence-corrected chi connectivity index (χ4v) is 6.97. The third kappa shape index (κ3) is 5.76. The summed E-state index contributed by atoms with van der Waals surface area (Å²) in [6.45, 7) is 2.61. The highest BCUT2D eigenvalue weighted by Gasteiger charge is 2.37. The van der Waals surface area contributed by atoms with Crippen LogP contribution in [0.15, 0.2) is 29.3 Å². The standard InChI is InChI=1S/C28H32ClN7O4S/c1-35(2)27(39)15-3-5-19(32-24(37)22-13-16-11-17(29)4-6-18(16)31-22)21(12-15)33-25(38)26-34-20-7-9-36(14-23(20)41-26)28-30-8-10-40-28/h4,6,11,13,15,19,21,31H,3,5,7-10,12,14H2,1-2H3,(H,32,37)(H,33,38). The fourth-order valence-electron chi connectivity index (χ4n) is 5.77. The van der Waals surface area contributed by atoms with Crippen LogP contribution < -0.4 is 10.6 Å². The lowest BCUT2D eigenvalue weighted by atomic mass is 9.81. The number of carbonyl (C=O) groups excluding carboxylic acids is 3. The van der Waals surface area contributed by atoms with Gasteiger partial charge in [0.05, 0.1) is 24.8 Å². The van der Waals surface area contributed by atoms with Gasteiger partial charge in [-0.25, -0.2) is 9.98 Å². The van der Waals surface area contributed by atoms with Gasteiger partial charge in [-0.1, -0.05) is 11.6 Å². The second-order valence-electron chi connectivity index (χ2n) is 10.9. The molecule has 1 saturated carbocycles. The number of ether oxygens (including phenoxy) is 1. The molecule has 41 heavy (non-hydrogen) atoms. The van der Waals surface area contributed by atoms with Gasteiger partial charge in [0.2, 0.25) is 5.91 Å². The van der Waals surface area contributed by atoms with E-state index in [9.17, 15) is 14.4 Å². The van der Waals surface area contributed by atoms with Crippen molar-refractivity contribution in [3.05, 3.63) is 50.6 Å². The van der Waals surface area contributed by atoms with E-state index in [0.717, 1.165) is 28.0 Å². The molecule has 216 valence electrons. The van der Waals surface area contributed by atoms with Crippen LogP contribution >= 0.6 is 22.9 Å². The maximum atomic E-state index is 13.5. The number of hydrogen-bond acceptors (Lipinski definition) is 8. The van der Waals surface area contributed by atoms with Crippen molar-refractivity contribution >= 4 is 57.6 Å². The Kier molecular flexibility index (Phi) is 7.60. The predicted molar refractivity (Wildman–Crippen MR) is 156 cm³/mol. The van der Waals surface area contributed by atoms with Crippen molar-refractivity contribution < 1.29 is 19.1 Å². The first-order chi connectivity index (χ1) is 19.7. The molecule has 1 aromatic carbocycles. The third-order valence-corrected chi connectivity index (χ3v) is 9.18. The van der Waals surface area contributed by atoms with Crippen LogP contribution in [-0.2, 0) is 22.5 Å². The van der Waals surface area contributed by atoms with Gasteiger partial charge in [0.1, 0.15) is 12.3 Å². The van der Waals surface area contributed by atoms with Crippen molar-refractivity contribution in [2.75, 3.05) is 33.8 Å². The SMILES string of the molecule is CN(C)C(=O)C1CCC(NC(=O)c2cc3cc(Cl)ccc3[nH]2)C(NC(=O)c2nc3c(s2)CN(C2=NCCO2)CC3)C1. The topological polar surface area (TPSA) is 132 Å². The number of amides is 3. The summed E-state index contributed by atoms with van der Waals surface area (Å²) in [5, 5.41) is 8.02. The minimum Gasteiger partial charge on any atom is -0.463 e. The zero-order valence-electron chi connectivity index (χ0n) is 22.9. The zero-order chi connectivity index (χ0) is 28.7. The number of rotatable bonds is 5. The average molecular weight is 598 g/mol. The van der Waals surface area contributed by atoms with E-state index in [-0.39, 0.29) is 29.7 Å². The Labute approximate surface area is 246 Å². The summed E-state index contributed by atoms with van der Waals surface area (Å²) in [6, 6.07) is 7.02. The number of thiazole rings is 1. The van der Waals surface area contributed by atoms with Gasteiger partial charge in [-0.2, -0.15) is 0 Å². The van der Waals surface area contributed by atoms with Crippen molar-refractivity contribution in [2.45, 2.75) is 44.3 Å². The van der Waals surface area contributed by atoms with E-state index < -0.39 is 6.04 Å². The zero-order valence-corrected chi connectivity index (χ0v) is 24.5. The van der Waals surface area contributed by atoms with Crippen molar-refractivity contribution in [3.8, 4) is 0 Å². The molecule has 2 aromatic heterocycles. The largest absolute Gasteiger partial charge is 0.463 e. The molecule has 1 fully saturated rings. The number of aromatic nitrogens is 2. The Morgan fingerprint density at radius 1 is 1.15 bits per heavy atom. The summed E-state index contributed by atoms with van der Waals surface area (Å²) in [6.07, 6.45) is 2.30. The molecule has 0 saturated heterocycles. The van der Waals surface area contributed by atoms with Crippen LogP contribution in [0.1, 0.15) is 50.1 Å². The average Bonchev–Trinajstić information content (AvgIpc) is 3.72. The molecule has 0 spiro atoms. The lowest BCUT2D eigenvalue weighted by molar-refractivity contribution is -0.134. The summed E-state index contributed by atoms with van der Waals surface area (Å²) < 4.78 is 5.61. The van der Waals surface area contributed by atoms with Crippen LogP contribution in [-0.4, -0.2) is 89.4 Å². The molecule has 0 bridgehead atoms. The van der Waals surface area contributed by atoms with E-state index in [1.165, 1.54) is 11.3 Å². The first-order valence-electron chi connectivity index (χ1n) is 13.8. The Balaban J connectivity index is 1.18. The molecule has 3 N–H and O–H groups in total. The number of halogens is 1. The fraction of sp³-hybridized carbons (Fsp3) is 0.464. The van der Waals surface area contributed by atoms with Crippen LogP contribution in [0.25, 0.3) is 10.9 Å². The quantitative estimate of drug-likeness (QED) is 0.414. The lowest BCUT2D eigenvalue weighted by Gasteiger charge is -2.37. The number of benzene rings is 1. The molecule has 0 radical (unpaired) electrons. The van der Waals surface area contributed by atoms with Crippen molar-refractivity contribution in [1.82, 2.24) is 30.4 Å². The molecule has 3 aliphatic rings. The van der Waals surface area contributed by atoms with Crippen LogP contribution in [0.2, 0.25) is 5.02 Å². The number of H-pyrrole nitrogens is 1. The minimum absolute atomic E-state index is 0.0170. The summed E-state index contributed by atoms with van der Waals surface area (Å²) >= 11 is 7.48. The molecule has 2 aliphatic heterocycles. The molecule has 6 rings (SSSR count). The maximum absolute atomic E-state index is 13.5. The summed E-state index contributed by atoms with van der Waals surface area (Å²) in [7, 11) is 3.47. The van der Waals surface area contributed by atoms with Crippen LogP contribution in [0.5, 0.6) is 0 Å². The molecule has 13 heteroatoms. The van der Waals surface area contributed by atoms with Crippen LogP contribution in [0.3, 0.4) is 0 Å². The van der Waals surface area contributed by atoms with Gasteiger partial charge in [-0.15, -0.1) is 11.3 Å². The summed E-state index contributed by atoms with van der Waals surface area (Å²) in [5.74, 6) is -0.805. The third-order valence-electron chi connectivity index (χ3n) is 7.87. The molecule has 11 nitrogen and oxygen atoms in total. The maximum Gasteiger partial charge on any atom is 0.287 e. The van der Waals surface area contributed by atoms with E-state index in [4.69, 9.17) is 16.3 Å². The first kappa shape index (κ1) is 27.5. The molecule has 3 amide bonds. The van der Waals surface area contributed by atoms with Gasteiger partial charge in [-0.05, 0) is 43.5 Å². The Morgan fingerprint density at radius 3 is 2.76 bits per heavy atom.